The maximum Gasteiger partial charge on any atom is 0.118 e. The van der Waals surface area contributed by atoms with Crippen LogP contribution in [-0.2, 0) is 6.54 Å². The van der Waals surface area contributed by atoms with Crippen LogP contribution in [0.3, 0.4) is 0 Å². The Morgan fingerprint density at radius 2 is 1.82 bits per heavy atom. The van der Waals surface area contributed by atoms with Crippen LogP contribution < -0.4 is 4.74 Å². The van der Waals surface area contributed by atoms with E-state index in [0.29, 0.717) is 13.0 Å². The minimum absolute atomic E-state index is 0.134. The van der Waals surface area contributed by atoms with Gasteiger partial charge in [-0.05, 0) is 30.7 Å². The number of aryl methyl sites for hydroxylation is 1. The molecule has 0 saturated heterocycles. The number of H-pyrrole nitrogens is 1. The first-order valence-corrected chi connectivity index (χ1v) is 9.21. The normalized spacial score (nSPS) is 10.9. The maximum absolute atomic E-state index is 9.29. The molecule has 0 saturated carbocycles. The topological polar surface area (TPSA) is 76.0 Å². The molecule has 0 radical (unpaired) electrons. The Bertz CT molecular complexity index is 1040. The molecule has 6 heteroatoms. The van der Waals surface area contributed by atoms with E-state index >= 15 is 0 Å². The number of nitrogens with zero attached hydrogens (tertiary/aromatic N) is 3. The van der Waals surface area contributed by atoms with E-state index in [1.54, 1.807) is 7.11 Å². The molecule has 4 rings (SSSR count). The van der Waals surface area contributed by atoms with Crippen LogP contribution in [0.5, 0.6) is 5.75 Å². The zero-order valence-corrected chi connectivity index (χ0v) is 15.7. The lowest BCUT2D eigenvalue weighted by Crippen LogP contribution is -2.01. The summed E-state index contributed by atoms with van der Waals surface area (Å²) in [6.45, 7) is 0.813. The molecule has 0 amide bonds. The number of imidazole rings is 1. The second-order valence-corrected chi connectivity index (χ2v) is 6.47. The monoisotopic (exact) mass is 374 g/mol. The number of benzene rings is 2. The van der Waals surface area contributed by atoms with E-state index < -0.39 is 0 Å². The highest BCUT2D eigenvalue weighted by atomic mass is 16.5. The summed E-state index contributed by atoms with van der Waals surface area (Å²) in [7, 11) is 1.66. The number of nitrogens with one attached hydrogen (secondary N) is 1. The molecule has 4 aromatic rings. The largest absolute Gasteiger partial charge is 0.497 e. The third kappa shape index (κ3) is 3.42. The molecule has 142 valence electrons. The Balaban J connectivity index is 1.84. The average Bonchev–Trinajstić information content (AvgIpc) is 3.39. The maximum atomic E-state index is 9.29. The Morgan fingerprint density at radius 3 is 2.54 bits per heavy atom. The van der Waals surface area contributed by atoms with Crippen LogP contribution >= 0.6 is 0 Å². The molecule has 0 fully saturated rings. The van der Waals surface area contributed by atoms with Gasteiger partial charge >= 0.3 is 0 Å². The van der Waals surface area contributed by atoms with Crippen molar-refractivity contribution in [3.8, 4) is 39.5 Å². The lowest BCUT2D eigenvalue weighted by Gasteiger charge is -2.11. The zero-order valence-electron chi connectivity index (χ0n) is 15.7. The third-order valence-electron chi connectivity index (χ3n) is 4.72. The van der Waals surface area contributed by atoms with Crippen LogP contribution in [0.15, 0.2) is 67.1 Å². The SMILES string of the molecule is COc1ccc(-c2[nH]ncc2-c2c(-c3ccccc3)ncn2CCCO)cc1. The average molecular weight is 374 g/mol. The summed E-state index contributed by atoms with van der Waals surface area (Å²) >= 11 is 0. The molecule has 6 nitrogen and oxygen atoms in total. The van der Waals surface area contributed by atoms with Gasteiger partial charge in [0.2, 0.25) is 0 Å². The van der Waals surface area contributed by atoms with E-state index in [9.17, 15) is 5.11 Å². The molecule has 2 N–H and O–H groups in total. The fraction of sp³-hybridized carbons (Fsp3) is 0.182. The minimum atomic E-state index is 0.134. The van der Waals surface area contributed by atoms with Crippen LogP contribution in [0.2, 0.25) is 0 Å². The van der Waals surface area contributed by atoms with E-state index in [1.165, 1.54) is 0 Å². The van der Waals surface area contributed by atoms with Crippen molar-refractivity contribution < 1.29 is 9.84 Å². The van der Waals surface area contributed by atoms with Crippen molar-refractivity contribution in [2.45, 2.75) is 13.0 Å². The van der Waals surface area contributed by atoms with Crippen molar-refractivity contribution in [3.05, 3.63) is 67.1 Å². The van der Waals surface area contributed by atoms with Gasteiger partial charge in [-0.15, -0.1) is 0 Å². The quantitative estimate of drug-likeness (QED) is 0.513. The second-order valence-electron chi connectivity index (χ2n) is 6.47. The molecule has 2 aromatic heterocycles. The van der Waals surface area contributed by atoms with Gasteiger partial charge in [-0.1, -0.05) is 30.3 Å². The first-order chi connectivity index (χ1) is 13.8. The molecule has 0 aliphatic carbocycles. The molecule has 28 heavy (non-hydrogen) atoms. The highest BCUT2D eigenvalue weighted by Crippen LogP contribution is 2.37. The number of aromatic nitrogens is 4. The smallest absolute Gasteiger partial charge is 0.118 e. The summed E-state index contributed by atoms with van der Waals surface area (Å²) in [6.07, 6.45) is 4.32. The van der Waals surface area contributed by atoms with Crippen LogP contribution in [0.4, 0.5) is 0 Å². The lowest BCUT2D eigenvalue weighted by atomic mass is 10.0. The van der Waals surface area contributed by atoms with E-state index in [4.69, 9.17) is 4.74 Å². The number of rotatable bonds is 7. The highest BCUT2D eigenvalue weighted by molar-refractivity contribution is 5.86. The molecule has 0 bridgehead atoms. The fourth-order valence-corrected chi connectivity index (χ4v) is 3.33. The molecule has 0 unspecified atom stereocenters. The van der Waals surface area contributed by atoms with Crippen LogP contribution in [0.25, 0.3) is 33.8 Å². The summed E-state index contributed by atoms with van der Waals surface area (Å²) in [5, 5.41) is 16.7. The number of methoxy groups -OCH3 is 1. The van der Waals surface area contributed by atoms with Gasteiger partial charge in [0.25, 0.3) is 0 Å². The summed E-state index contributed by atoms with van der Waals surface area (Å²) in [6, 6.07) is 18.0. The van der Waals surface area contributed by atoms with Crippen LogP contribution in [0, 0.1) is 0 Å². The van der Waals surface area contributed by atoms with Gasteiger partial charge in [0.1, 0.15) is 5.75 Å². The zero-order chi connectivity index (χ0) is 19.3. The molecule has 2 heterocycles. The Labute approximate surface area is 163 Å². The van der Waals surface area contributed by atoms with E-state index in [0.717, 1.165) is 39.5 Å². The van der Waals surface area contributed by atoms with Gasteiger partial charge in [-0.25, -0.2) is 4.98 Å². The van der Waals surface area contributed by atoms with Gasteiger partial charge in [-0.3, -0.25) is 5.10 Å². The van der Waals surface area contributed by atoms with Gasteiger partial charge in [-0.2, -0.15) is 5.10 Å². The van der Waals surface area contributed by atoms with Crippen molar-refractivity contribution in [3.63, 3.8) is 0 Å². The Morgan fingerprint density at radius 1 is 1.04 bits per heavy atom. The molecule has 2 aromatic carbocycles. The van der Waals surface area contributed by atoms with Crippen LogP contribution in [0.1, 0.15) is 6.42 Å². The molecular weight excluding hydrogens is 352 g/mol. The number of aliphatic hydroxyl groups is 1. The molecule has 0 aliphatic heterocycles. The highest BCUT2D eigenvalue weighted by Gasteiger charge is 2.20. The predicted octanol–water partition coefficient (Wildman–Crippen LogP) is 4.00. The number of ether oxygens (including phenoxy) is 1. The van der Waals surface area contributed by atoms with Gasteiger partial charge in [0.05, 0.1) is 36.7 Å². The predicted molar refractivity (Wildman–Crippen MR) is 109 cm³/mol. The summed E-state index contributed by atoms with van der Waals surface area (Å²) in [5.41, 5.74) is 5.84. The van der Waals surface area contributed by atoms with Crippen molar-refractivity contribution >= 4 is 0 Å². The van der Waals surface area contributed by atoms with E-state index in [2.05, 4.69) is 31.9 Å². The fourth-order valence-electron chi connectivity index (χ4n) is 3.33. The third-order valence-corrected chi connectivity index (χ3v) is 4.72. The number of hydrogen-bond acceptors (Lipinski definition) is 4. The molecule has 0 aliphatic rings. The van der Waals surface area contributed by atoms with Crippen molar-refractivity contribution in [2.75, 3.05) is 13.7 Å². The van der Waals surface area contributed by atoms with E-state index in [-0.39, 0.29) is 6.61 Å². The Hall–Kier alpha value is -3.38. The second kappa shape index (κ2) is 8.10. The molecular formula is C22H22N4O2. The van der Waals surface area contributed by atoms with Gasteiger partial charge in [0, 0.05) is 29.8 Å². The molecule has 0 spiro atoms. The van der Waals surface area contributed by atoms with Gasteiger partial charge in [0.15, 0.2) is 0 Å². The van der Waals surface area contributed by atoms with E-state index in [1.807, 2.05) is 55.0 Å². The summed E-state index contributed by atoms with van der Waals surface area (Å²) in [4.78, 5) is 4.68. The van der Waals surface area contributed by atoms with Crippen molar-refractivity contribution in [1.29, 1.82) is 0 Å². The first-order valence-electron chi connectivity index (χ1n) is 9.21. The van der Waals surface area contributed by atoms with Crippen molar-refractivity contribution in [2.24, 2.45) is 0 Å². The summed E-state index contributed by atoms with van der Waals surface area (Å²) in [5.74, 6) is 0.808. The van der Waals surface area contributed by atoms with Crippen molar-refractivity contribution in [1.82, 2.24) is 19.7 Å². The minimum Gasteiger partial charge on any atom is -0.497 e. The first kappa shape index (κ1) is 18.0. The van der Waals surface area contributed by atoms with Gasteiger partial charge < -0.3 is 14.4 Å². The van der Waals surface area contributed by atoms with Crippen LogP contribution in [-0.4, -0.2) is 38.6 Å². The Kier molecular flexibility index (Phi) is 5.21. The summed E-state index contributed by atoms with van der Waals surface area (Å²) < 4.78 is 7.35. The number of aliphatic hydroxyl groups excluding tert-OH is 1. The number of hydrogen-bond donors (Lipinski definition) is 2. The number of aromatic amines is 1. The standard InChI is InChI=1S/C22H22N4O2/c1-28-18-10-8-17(9-11-18)20-19(14-24-25-20)22-21(16-6-3-2-4-7-16)23-15-26(22)12-5-13-27/h2-4,6-11,14-15,27H,5,12-13H2,1H3,(H,24,25). The lowest BCUT2D eigenvalue weighted by molar-refractivity contribution is 0.280. The molecule has 0 atom stereocenters.